The number of rotatable bonds is 5. The van der Waals surface area contributed by atoms with Gasteiger partial charge in [0.05, 0.1) is 3.57 Å². The molecule has 3 heteroatoms. The largest absolute Gasteiger partial charge is 0.507 e. The van der Waals surface area contributed by atoms with E-state index < -0.39 is 0 Å². The molecule has 23 heavy (non-hydrogen) atoms. The van der Waals surface area contributed by atoms with Gasteiger partial charge in [0.15, 0.2) is 0 Å². The smallest absolute Gasteiger partial charge is 0.129 e. The number of aromatic hydroxyl groups is 1. The van der Waals surface area contributed by atoms with Crippen LogP contribution in [0.5, 0.6) is 5.75 Å². The number of phenolic OH excluding ortho intramolecular Hbond substituents is 1. The van der Waals surface area contributed by atoms with E-state index in [2.05, 4.69) is 70.9 Å². The molecule has 122 valence electrons. The van der Waals surface area contributed by atoms with E-state index >= 15 is 0 Å². The van der Waals surface area contributed by atoms with E-state index in [1.165, 1.54) is 29.5 Å². The molecule has 0 heterocycles. The van der Waals surface area contributed by atoms with Crippen LogP contribution in [-0.4, -0.2) is 30.1 Å². The number of fused-ring (bicyclic) bond motifs is 1. The molecule has 1 N–H and O–H groups in total. The molecule has 1 aliphatic carbocycles. The van der Waals surface area contributed by atoms with Crippen LogP contribution in [0.15, 0.2) is 42.5 Å². The summed E-state index contributed by atoms with van der Waals surface area (Å²) in [6.45, 7) is 2.19. The zero-order chi connectivity index (χ0) is 16.2. The number of phenols is 1. The van der Waals surface area contributed by atoms with Crippen LogP contribution in [0.25, 0.3) is 0 Å². The minimum atomic E-state index is 0.433. The normalized spacial score (nSPS) is 17.3. The van der Waals surface area contributed by atoms with E-state index in [0.29, 0.717) is 11.7 Å². The van der Waals surface area contributed by atoms with Crippen molar-refractivity contribution in [2.24, 2.45) is 0 Å². The van der Waals surface area contributed by atoms with Crippen molar-refractivity contribution in [3.05, 3.63) is 62.7 Å². The first-order valence-electron chi connectivity index (χ1n) is 8.38. The summed E-state index contributed by atoms with van der Waals surface area (Å²) in [5.41, 5.74) is 4.23. The van der Waals surface area contributed by atoms with Crippen LogP contribution in [0.4, 0.5) is 0 Å². The van der Waals surface area contributed by atoms with Crippen molar-refractivity contribution in [3.8, 4) is 5.75 Å². The number of benzene rings is 2. The predicted molar refractivity (Wildman–Crippen MR) is 104 cm³/mol. The molecule has 1 aliphatic rings. The lowest BCUT2D eigenvalue weighted by molar-refractivity contribution is 0.300. The molecule has 0 saturated carbocycles. The Hall–Kier alpha value is -1.07. The average Bonchev–Trinajstić information content (AvgIpc) is 2.58. The van der Waals surface area contributed by atoms with E-state index in [4.69, 9.17) is 0 Å². The lowest BCUT2D eigenvalue weighted by atomic mass is 9.82. The minimum Gasteiger partial charge on any atom is -0.507 e. The van der Waals surface area contributed by atoms with Crippen molar-refractivity contribution in [2.45, 2.75) is 31.6 Å². The third-order valence-corrected chi connectivity index (χ3v) is 6.04. The van der Waals surface area contributed by atoms with Gasteiger partial charge in [-0.25, -0.2) is 0 Å². The standard InChI is InChI=1S/C20H24INO/c1-22(13-12-15-6-3-2-4-7-15)14-16-8-5-9-18-17(16)10-11-19(23)20(18)21/h2-4,6-7,10-11,16,23H,5,8-9,12-14H2,1H3. The van der Waals surface area contributed by atoms with Crippen molar-refractivity contribution in [2.75, 3.05) is 20.1 Å². The monoisotopic (exact) mass is 421 g/mol. The Morgan fingerprint density at radius 2 is 1.96 bits per heavy atom. The van der Waals surface area contributed by atoms with Crippen LogP contribution in [0.3, 0.4) is 0 Å². The SMILES string of the molecule is CN(CCc1ccccc1)CC1CCCc2c1ccc(O)c2I. The summed E-state index contributed by atoms with van der Waals surface area (Å²) in [6.07, 6.45) is 4.68. The second kappa shape index (κ2) is 7.67. The zero-order valence-electron chi connectivity index (χ0n) is 13.6. The minimum absolute atomic E-state index is 0.433. The van der Waals surface area contributed by atoms with Gasteiger partial charge in [-0.15, -0.1) is 0 Å². The Morgan fingerprint density at radius 3 is 2.74 bits per heavy atom. The summed E-state index contributed by atoms with van der Waals surface area (Å²) in [7, 11) is 2.22. The highest BCUT2D eigenvalue weighted by molar-refractivity contribution is 14.1. The first-order chi connectivity index (χ1) is 11.1. The van der Waals surface area contributed by atoms with Crippen LogP contribution in [-0.2, 0) is 12.8 Å². The Balaban J connectivity index is 1.64. The highest BCUT2D eigenvalue weighted by Gasteiger charge is 2.24. The van der Waals surface area contributed by atoms with Gasteiger partial charge in [-0.3, -0.25) is 0 Å². The van der Waals surface area contributed by atoms with Crippen molar-refractivity contribution in [3.63, 3.8) is 0 Å². The summed E-state index contributed by atoms with van der Waals surface area (Å²) >= 11 is 2.29. The fourth-order valence-electron chi connectivity index (χ4n) is 3.56. The zero-order valence-corrected chi connectivity index (χ0v) is 15.8. The molecule has 2 aromatic carbocycles. The molecule has 0 saturated heterocycles. The van der Waals surface area contributed by atoms with E-state index in [-0.39, 0.29) is 0 Å². The molecule has 2 aromatic rings. The first-order valence-corrected chi connectivity index (χ1v) is 9.45. The lowest BCUT2D eigenvalue weighted by Crippen LogP contribution is -2.28. The number of hydrogen-bond acceptors (Lipinski definition) is 2. The number of halogens is 1. The molecule has 0 amide bonds. The van der Waals surface area contributed by atoms with Gasteiger partial charge in [0.2, 0.25) is 0 Å². The number of likely N-dealkylation sites (N-methyl/N-ethyl adjacent to an activating group) is 1. The Bertz CT molecular complexity index is 656. The van der Waals surface area contributed by atoms with E-state index in [1.807, 2.05) is 6.07 Å². The van der Waals surface area contributed by atoms with Crippen molar-refractivity contribution in [1.29, 1.82) is 0 Å². The molecular weight excluding hydrogens is 397 g/mol. The Labute approximate surface area is 152 Å². The van der Waals surface area contributed by atoms with Gasteiger partial charge in [-0.1, -0.05) is 36.4 Å². The van der Waals surface area contributed by atoms with Gasteiger partial charge in [-0.05, 0) is 84.0 Å². The highest BCUT2D eigenvalue weighted by Crippen LogP contribution is 2.37. The van der Waals surface area contributed by atoms with Crippen LogP contribution < -0.4 is 0 Å². The summed E-state index contributed by atoms with van der Waals surface area (Å²) < 4.78 is 1.05. The second-order valence-electron chi connectivity index (χ2n) is 6.55. The van der Waals surface area contributed by atoms with Crippen LogP contribution >= 0.6 is 22.6 Å². The number of nitrogens with zero attached hydrogens (tertiary/aromatic N) is 1. The molecule has 0 bridgehead atoms. The predicted octanol–water partition coefficient (Wildman–Crippen LogP) is 4.59. The van der Waals surface area contributed by atoms with Gasteiger partial charge in [0.25, 0.3) is 0 Å². The molecule has 0 aliphatic heterocycles. The summed E-state index contributed by atoms with van der Waals surface area (Å²) in [5, 5.41) is 9.94. The van der Waals surface area contributed by atoms with Gasteiger partial charge in [0.1, 0.15) is 5.75 Å². The second-order valence-corrected chi connectivity index (χ2v) is 7.63. The maximum absolute atomic E-state index is 9.94. The quantitative estimate of drug-likeness (QED) is 0.714. The third kappa shape index (κ3) is 4.07. The molecule has 0 spiro atoms. The molecule has 0 aromatic heterocycles. The maximum Gasteiger partial charge on any atom is 0.129 e. The molecule has 1 unspecified atom stereocenters. The van der Waals surface area contributed by atoms with Crippen molar-refractivity contribution in [1.82, 2.24) is 4.90 Å². The van der Waals surface area contributed by atoms with E-state index in [0.717, 1.165) is 29.5 Å². The molecule has 2 nitrogen and oxygen atoms in total. The fraction of sp³-hybridized carbons (Fsp3) is 0.400. The van der Waals surface area contributed by atoms with Gasteiger partial charge in [-0.2, -0.15) is 0 Å². The summed E-state index contributed by atoms with van der Waals surface area (Å²) in [5.74, 6) is 1.02. The van der Waals surface area contributed by atoms with Crippen molar-refractivity contribution >= 4 is 22.6 Å². The summed E-state index contributed by atoms with van der Waals surface area (Å²) in [4.78, 5) is 2.45. The molecule has 3 rings (SSSR count). The van der Waals surface area contributed by atoms with Crippen molar-refractivity contribution < 1.29 is 5.11 Å². The van der Waals surface area contributed by atoms with E-state index in [1.54, 1.807) is 0 Å². The summed E-state index contributed by atoms with van der Waals surface area (Å²) in [6, 6.07) is 14.7. The fourth-order valence-corrected chi connectivity index (χ4v) is 4.32. The Morgan fingerprint density at radius 1 is 1.17 bits per heavy atom. The molecule has 0 fully saturated rings. The maximum atomic E-state index is 9.94. The van der Waals surface area contributed by atoms with Gasteiger partial charge in [0, 0.05) is 13.1 Å². The van der Waals surface area contributed by atoms with Crippen LogP contribution in [0, 0.1) is 3.57 Å². The highest BCUT2D eigenvalue weighted by atomic mass is 127. The molecular formula is C20H24INO. The topological polar surface area (TPSA) is 23.5 Å². The van der Waals surface area contributed by atoms with E-state index in [9.17, 15) is 5.11 Å². The number of hydrogen-bond donors (Lipinski definition) is 1. The lowest BCUT2D eigenvalue weighted by Gasteiger charge is -2.30. The van der Waals surface area contributed by atoms with Crippen LogP contribution in [0.1, 0.15) is 35.4 Å². The molecule has 1 atom stereocenters. The van der Waals surface area contributed by atoms with Gasteiger partial charge < -0.3 is 10.0 Å². The Kier molecular flexibility index (Phi) is 5.59. The first kappa shape index (κ1) is 16.8. The average molecular weight is 421 g/mol. The molecule has 0 radical (unpaired) electrons. The van der Waals surface area contributed by atoms with Gasteiger partial charge >= 0.3 is 0 Å². The van der Waals surface area contributed by atoms with Crippen LogP contribution in [0.2, 0.25) is 0 Å². The third-order valence-electron chi connectivity index (χ3n) is 4.84.